The molecule has 0 aromatic heterocycles. The SMILES string of the molecule is O=C(O)C(F)(F)SC(F)(F)C(=O)O. The van der Waals surface area contributed by atoms with E-state index in [-0.39, 0.29) is 0 Å². The van der Waals surface area contributed by atoms with Gasteiger partial charge in [0.25, 0.3) is 0 Å². The Hall–Kier alpha value is -0.990. The van der Waals surface area contributed by atoms with Crippen molar-refractivity contribution in [2.45, 2.75) is 10.5 Å². The molecule has 0 aliphatic heterocycles. The first-order chi connectivity index (χ1) is 5.59. The predicted molar refractivity (Wildman–Crippen MR) is 32.8 cm³/mol. The van der Waals surface area contributed by atoms with Crippen LogP contribution in [0.2, 0.25) is 0 Å². The highest BCUT2D eigenvalue weighted by Gasteiger charge is 2.54. The summed E-state index contributed by atoms with van der Waals surface area (Å²) < 4.78 is 48.1. The zero-order valence-electron chi connectivity index (χ0n) is 5.63. The molecular formula is C4H2F4O4S. The van der Waals surface area contributed by atoms with Gasteiger partial charge in [-0.25, -0.2) is 9.59 Å². The molecule has 0 saturated heterocycles. The van der Waals surface area contributed by atoms with Crippen molar-refractivity contribution in [2.75, 3.05) is 0 Å². The second-order valence-corrected chi connectivity index (χ2v) is 2.98. The van der Waals surface area contributed by atoms with Gasteiger partial charge in [-0.3, -0.25) is 0 Å². The third-order valence-corrected chi connectivity index (χ3v) is 1.62. The van der Waals surface area contributed by atoms with Crippen molar-refractivity contribution in [1.29, 1.82) is 0 Å². The summed E-state index contributed by atoms with van der Waals surface area (Å²) in [4.78, 5) is 19.2. The average Bonchev–Trinajstić information content (AvgIpc) is 1.83. The minimum Gasteiger partial charge on any atom is -0.476 e. The van der Waals surface area contributed by atoms with Crippen LogP contribution in [-0.2, 0) is 9.59 Å². The van der Waals surface area contributed by atoms with Gasteiger partial charge in [0, 0.05) is 11.8 Å². The van der Waals surface area contributed by atoms with Gasteiger partial charge in [0.1, 0.15) is 0 Å². The van der Waals surface area contributed by atoms with E-state index in [2.05, 4.69) is 0 Å². The molecule has 0 amide bonds. The molecule has 0 aliphatic carbocycles. The summed E-state index contributed by atoms with van der Waals surface area (Å²) in [6.07, 6.45) is 0. The molecule has 2 N–H and O–H groups in total. The molecule has 0 aromatic rings. The highest BCUT2D eigenvalue weighted by Crippen LogP contribution is 2.41. The van der Waals surface area contributed by atoms with Crippen molar-refractivity contribution < 1.29 is 37.4 Å². The maximum Gasteiger partial charge on any atom is 0.394 e. The molecule has 4 nitrogen and oxygen atoms in total. The maximum absolute atomic E-state index is 12.0. The van der Waals surface area contributed by atoms with Crippen molar-refractivity contribution >= 4 is 23.7 Å². The molecular weight excluding hydrogens is 220 g/mol. The van der Waals surface area contributed by atoms with Crippen LogP contribution in [0, 0.1) is 0 Å². The number of carboxylic acid groups (broad SMARTS) is 2. The third-order valence-electron chi connectivity index (χ3n) is 0.754. The van der Waals surface area contributed by atoms with E-state index < -0.39 is 34.2 Å². The van der Waals surface area contributed by atoms with E-state index in [4.69, 9.17) is 10.2 Å². The quantitative estimate of drug-likeness (QED) is 0.696. The largest absolute Gasteiger partial charge is 0.476 e. The van der Waals surface area contributed by atoms with E-state index in [9.17, 15) is 27.2 Å². The standard InChI is InChI=1S/C4H2F4O4S/c5-3(6,1(9)10)13-4(7,8)2(11)12/h(H,9,10)(H,11,12). The second kappa shape index (κ2) is 3.40. The van der Waals surface area contributed by atoms with E-state index >= 15 is 0 Å². The van der Waals surface area contributed by atoms with Crippen molar-refractivity contribution in [3.05, 3.63) is 0 Å². The number of hydrogen-bond acceptors (Lipinski definition) is 3. The fourth-order valence-corrected chi connectivity index (χ4v) is 0.745. The first-order valence-corrected chi connectivity index (χ1v) is 3.34. The normalized spacial score (nSPS) is 12.6. The van der Waals surface area contributed by atoms with Crippen LogP contribution in [0.5, 0.6) is 0 Å². The van der Waals surface area contributed by atoms with Crippen LogP contribution in [0.4, 0.5) is 17.6 Å². The van der Waals surface area contributed by atoms with Gasteiger partial charge in [0.2, 0.25) is 0 Å². The highest BCUT2D eigenvalue weighted by atomic mass is 32.2. The molecule has 9 heteroatoms. The minimum atomic E-state index is -4.83. The number of rotatable bonds is 4. The van der Waals surface area contributed by atoms with Gasteiger partial charge in [-0.2, -0.15) is 17.6 Å². The Morgan fingerprint density at radius 2 is 1.15 bits per heavy atom. The summed E-state index contributed by atoms with van der Waals surface area (Å²) in [6.45, 7) is 0. The molecule has 0 fully saturated rings. The summed E-state index contributed by atoms with van der Waals surface area (Å²) in [6, 6.07) is 0. The number of halogens is 4. The lowest BCUT2D eigenvalue weighted by atomic mass is 10.7. The molecule has 76 valence electrons. The Kier molecular flexibility index (Phi) is 3.14. The Bertz CT molecular complexity index is 216. The number of alkyl halides is 4. The molecule has 0 spiro atoms. The van der Waals surface area contributed by atoms with Gasteiger partial charge in [-0.1, -0.05) is 0 Å². The van der Waals surface area contributed by atoms with Crippen LogP contribution in [0.3, 0.4) is 0 Å². The van der Waals surface area contributed by atoms with E-state index in [0.29, 0.717) is 0 Å². The van der Waals surface area contributed by atoms with Gasteiger partial charge in [0.15, 0.2) is 0 Å². The molecule has 0 saturated carbocycles. The van der Waals surface area contributed by atoms with Crippen molar-refractivity contribution in [1.82, 2.24) is 0 Å². The number of aliphatic carboxylic acids is 2. The predicted octanol–water partition coefficient (Wildman–Crippen LogP) is 1.07. The summed E-state index contributed by atoms with van der Waals surface area (Å²) in [5, 5.41) is 5.72. The smallest absolute Gasteiger partial charge is 0.394 e. The van der Waals surface area contributed by atoms with E-state index in [1.54, 1.807) is 0 Å². The Balaban J connectivity index is 4.61. The molecule has 0 unspecified atom stereocenters. The van der Waals surface area contributed by atoms with Gasteiger partial charge < -0.3 is 10.2 Å². The Morgan fingerprint density at radius 1 is 0.923 bits per heavy atom. The van der Waals surface area contributed by atoms with E-state index in [1.165, 1.54) is 0 Å². The van der Waals surface area contributed by atoms with Crippen LogP contribution < -0.4 is 0 Å². The van der Waals surface area contributed by atoms with Crippen LogP contribution in [-0.4, -0.2) is 32.7 Å². The molecule has 13 heavy (non-hydrogen) atoms. The third kappa shape index (κ3) is 3.09. The maximum atomic E-state index is 12.0. The number of carboxylic acids is 2. The van der Waals surface area contributed by atoms with Crippen LogP contribution in [0.15, 0.2) is 0 Å². The molecule has 0 radical (unpaired) electrons. The van der Waals surface area contributed by atoms with Gasteiger partial charge in [-0.05, 0) is 0 Å². The molecule has 0 atom stereocenters. The van der Waals surface area contributed by atoms with E-state index in [0.717, 1.165) is 0 Å². The Morgan fingerprint density at radius 3 is 1.31 bits per heavy atom. The molecule has 0 rings (SSSR count). The van der Waals surface area contributed by atoms with Crippen molar-refractivity contribution in [3.63, 3.8) is 0 Å². The van der Waals surface area contributed by atoms with Gasteiger partial charge in [-0.15, -0.1) is 0 Å². The fourth-order valence-electron chi connectivity index (χ4n) is 0.248. The lowest BCUT2D eigenvalue weighted by Crippen LogP contribution is -2.34. The Labute approximate surface area is 72.5 Å². The van der Waals surface area contributed by atoms with Gasteiger partial charge in [0.05, 0.1) is 0 Å². The minimum absolute atomic E-state index is 1.75. The number of hydrogen-bond donors (Lipinski definition) is 2. The summed E-state index contributed by atoms with van der Waals surface area (Å²) in [5.74, 6) is -5.64. The molecule has 0 aromatic carbocycles. The fraction of sp³-hybridized carbons (Fsp3) is 0.500. The first-order valence-electron chi connectivity index (χ1n) is 2.52. The summed E-state index contributed by atoms with van der Waals surface area (Å²) in [5.41, 5.74) is 0. The summed E-state index contributed by atoms with van der Waals surface area (Å²) in [7, 11) is 0. The monoisotopic (exact) mass is 222 g/mol. The van der Waals surface area contributed by atoms with Crippen molar-refractivity contribution in [2.24, 2.45) is 0 Å². The van der Waals surface area contributed by atoms with Gasteiger partial charge >= 0.3 is 22.4 Å². The molecule has 0 aliphatic rings. The average molecular weight is 222 g/mol. The molecule has 0 heterocycles. The molecule has 0 bridgehead atoms. The lowest BCUT2D eigenvalue weighted by molar-refractivity contribution is -0.156. The zero-order chi connectivity index (χ0) is 10.9. The highest BCUT2D eigenvalue weighted by molar-refractivity contribution is 8.02. The van der Waals surface area contributed by atoms with Crippen LogP contribution in [0.1, 0.15) is 0 Å². The van der Waals surface area contributed by atoms with Crippen LogP contribution in [0.25, 0.3) is 0 Å². The van der Waals surface area contributed by atoms with E-state index in [1.807, 2.05) is 0 Å². The van der Waals surface area contributed by atoms with Crippen LogP contribution >= 0.6 is 11.8 Å². The first kappa shape index (κ1) is 12.0. The van der Waals surface area contributed by atoms with Crippen molar-refractivity contribution in [3.8, 4) is 0 Å². The summed E-state index contributed by atoms with van der Waals surface area (Å²) >= 11 is -1.75. The topological polar surface area (TPSA) is 74.6 Å². The zero-order valence-corrected chi connectivity index (χ0v) is 6.45. The number of carbonyl (C=O) groups is 2. The second-order valence-electron chi connectivity index (χ2n) is 1.75. The number of thioether (sulfide) groups is 1. The lowest BCUT2D eigenvalue weighted by Gasteiger charge is -2.15.